The molecule has 0 aliphatic heterocycles. The van der Waals surface area contributed by atoms with E-state index >= 15 is 0 Å². The molecule has 2 nitrogen and oxygen atoms in total. The highest BCUT2D eigenvalue weighted by molar-refractivity contribution is 7.80. The summed E-state index contributed by atoms with van der Waals surface area (Å²) >= 11 is 8.05. The van der Waals surface area contributed by atoms with Gasteiger partial charge in [-0.25, -0.2) is 0 Å². The standard InChI is InChI=1S/C8H16O2S2/c9-8(4-1-2-6-11)10-5-3-7-12/h11-12H,1-7H2. The summed E-state index contributed by atoms with van der Waals surface area (Å²) in [5, 5.41) is 0. The molecule has 0 heterocycles. The second-order valence-corrected chi connectivity index (χ2v) is 3.37. The SMILES string of the molecule is O=C(CCCCS)OCCCS. The van der Waals surface area contributed by atoms with Gasteiger partial charge in [-0.2, -0.15) is 25.3 Å². The van der Waals surface area contributed by atoms with Gasteiger partial charge in [0.05, 0.1) is 6.61 Å². The van der Waals surface area contributed by atoms with Crippen LogP contribution in [-0.2, 0) is 9.53 Å². The number of hydrogen-bond donors (Lipinski definition) is 2. The summed E-state index contributed by atoms with van der Waals surface area (Å²) in [7, 11) is 0. The van der Waals surface area contributed by atoms with Gasteiger partial charge in [0.25, 0.3) is 0 Å². The van der Waals surface area contributed by atoms with Crippen molar-refractivity contribution >= 4 is 31.2 Å². The minimum Gasteiger partial charge on any atom is -0.466 e. The third kappa shape index (κ3) is 8.27. The maximum Gasteiger partial charge on any atom is 0.305 e. The predicted octanol–water partition coefficient (Wildman–Crippen LogP) is 1.95. The Kier molecular flexibility index (Phi) is 9.39. The molecule has 0 atom stereocenters. The second-order valence-electron chi connectivity index (χ2n) is 2.48. The first-order valence-corrected chi connectivity index (χ1v) is 5.45. The molecule has 0 aliphatic carbocycles. The van der Waals surface area contributed by atoms with E-state index in [2.05, 4.69) is 25.3 Å². The number of ether oxygens (including phenoxy) is 1. The zero-order chi connectivity index (χ0) is 9.23. The highest BCUT2D eigenvalue weighted by atomic mass is 32.1. The van der Waals surface area contributed by atoms with Crippen LogP contribution in [0.4, 0.5) is 0 Å². The van der Waals surface area contributed by atoms with Crippen molar-refractivity contribution in [1.29, 1.82) is 0 Å². The smallest absolute Gasteiger partial charge is 0.305 e. The van der Waals surface area contributed by atoms with E-state index in [4.69, 9.17) is 4.74 Å². The summed E-state index contributed by atoms with van der Waals surface area (Å²) in [5.41, 5.74) is 0. The van der Waals surface area contributed by atoms with Gasteiger partial charge in [0, 0.05) is 6.42 Å². The van der Waals surface area contributed by atoms with E-state index in [9.17, 15) is 4.79 Å². The lowest BCUT2D eigenvalue weighted by Crippen LogP contribution is -2.05. The summed E-state index contributed by atoms with van der Waals surface area (Å²) in [6.07, 6.45) is 3.21. The summed E-state index contributed by atoms with van der Waals surface area (Å²) in [6, 6.07) is 0. The number of hydrogen-bond acceptors (Lipinski definition) is 4. The van der Waals surface area contributed by atoms with Crippen LogP contribution in [0.5, 0.6) is 0 Å². The van der Waals surface area contributed by atoms with Gasteiger partial charge < -0.3 is 4.74 Å². The van der Waals surface area contributed by atoms with Crippen molar-refractivity contribution in [2.24, 2.45) is 0 Å². The molecule has 0 aromatic heterocycles. The molecule has 0 aromatic carbocycles. The third-order valence-electron chi connectivity index (χ3n) is 1.35. The fourth-order valence-corrected chi connectivity index (χ4v) is 1.06. The number of carbonyl (C=O) groups excluding carboxylic acids is 1. The molecule has 0 spiro atoms. The summed E-state index contributed by atoms with van der Waals surface area (Å²) in [6.45, 7) is 0.503. The third-order valence-corrected chi connectivity index (χ3v) is 1.99. The quantitative estimate of drug-likeness (QED) is 0.380. The molecule has 0 aliphatic rings. The van der Waals surface area contributed by atoms with Crippen LogP contribution in [0.25, 0.3) is 0 Å². The van der Waals surface area contributed by atoms with Gasteiger partial charge in [0.15, 0.2) is 0 Å². The summed E-state index contributed by atoms with van der Waals surface area (Å²) in [5.74, 6) is 1.51. The Balaban J connectivity index is 3.10. The van der Waals surface area contributed by atoms with Crippen molar-refractivity contribution in [1.82, 2.24) is 0 Å². The van der Waals surface area contributed by atoms with E-state index in [1.807, 2.05) is 0 Å². The molecule has 0 unspecified atom stereocenters. The van der Waals surface area contributed by atoms with Gasteiger partial charge in [-0.05, 0) is 30.8 Å². The number of carbonyl (C=O) groups is 1. The molecule has 72 valence electrons. The maximum absolute atomic E-state index is 10.9. The lowest BCUT2D eigenvalue weighted by Gasteiger charge is -2.02. The van der Waals surface area contributed by atoms with E-state index < -0.39 is 0 Å². The van der Waals surface area contributed by atoms with E-state index in [-0.39, 0.29) is 5.97 Å². The highest BCUT2D eigenvalue weighted by Gasteiger charge is 2.00. The first kappa shape index (κ1) is 12.2. The Bertz CT molecular complexity index is 106. The number of unbranched alkanes of at least 4 members (excludes halogenated alkanes) is 1. The van der Waals surface area contributed by atoms with E-state index in [0.717, 1.165) is 30.8 Å². The Labute approximate surface area is 84.9 Å². The zero-order valence-corrected chi connectivity index (χ0v) is 8.95. The first-order chi connectivity index (χ1) is 5.81. The number of esters is 1. The van der Waals surface area contributed by atoms with Crippen LogP contribution in [0.1, 0.15) is 25.7 Å². The molecule has 0 fully saturated rings. The highest BCUT2D eigenvalue weighted by Crippen LogP contribution is 1.99. The van der Waals surface area contributed by atoms with Gasteiger partial charge in [0.2, 0.25) is 0 Å². The lowest BCUT2D eigenvalue weighted by molar-refractivity contribution is -0.143. The largest absolute Gasteiger partial charge is 0.466 e. The monoisotopic (exact) mass is 208 g/mol. The molecule has 12 heavy (non-hydrogen) atoms. The average Bonchev–Trinajstić information content (AvgIpc) is 2.06. The molecule has 0 amide bonds. The van der Waals surface area contributed by atoms with Gasteiger partial charge in [-0.1, -0.05) is 0 Å². The van der Waals surface area contributed by atoms with Crippen LogP contribution in [0.2, 0.25) is 0 Å². The fourth-order valence-electron chi connectivity index (χ4n) is 0.704. The first-order valence-electron chi connectivity index (χ1n) is 4.18. The van der Waals surface area contributed by atoms with Crippen LogP contribution in [0.15, 0.2) is 0 Å². The van der Waals surface area contributed by atoms with Gasteiger partial charge in [-0.3, -0.25) is 4.79 Å². The van der Waals surface area contributed by atoms with Crippen molar-refractivity contribution in [3.8, 4) is 0 Å². The van der Waals surface area contributed by atoms with E-state index in [0.29, 0.717) is 13.0 Å². The second kappa shape index (κ2) is 9.26. The molecule has 0 saturated carbocycles. The molecule has 0 N–H and O–H groups in total. The van der Waals surface area contributed by atoms with E-state index in [1.165, 1.54) is 0 Å². The van der Waals surface area contributed by atoms with Gasteiger partial charge in [0.1, 0.15) is 0 Å². The van der Waals surface area contributed by atoms with Crippen molar-refractivity contribution in [2.75, 3.05) is 18.1 Å². The van der Waals surface area contributed by atoms with Crippen LogP contribution in [0, 0.1) is 0 Å². The van der Waals surface area contributed by atoms with Crippen LogP contribution < -0.4 is 0 Å². The molecular formula is C8H16O2S2. The van der Waals surface area contributed by atoms with Crippen molar-refractivity contribution in [3.05, 3.63) is 0 Å². The molecule has 4 heteroatoms. The molecule has 0 saturated heterocycles. The minimum absolute atomic E-state index is 0.0985. The summed E-state index contributed by atoms with van der Waals surface area (Å²) < 4.78 is 4.92. The van der Waals surface area contributed by atoms with Crippen LogP contribution >= 0.6 is 25.3 Å². The minimum atomic E-state index is -0.0985. The lowest BCUT2D eigenvalue weighted by atomic mass is 10.2. The molecule has 0 aromatic rings. The number of thiol groups is 2. The van der Waals surface area contributed by atoms with Crippen LogP contribution in [0.3, 0.4) is 0 Å². The topological polar surface area (TPSA) is 26.3 Å². The zero-order valence-electron chi connectivity index (χ0n) is 7.16. The van der Waals surface area contributed by atoms with Crippen molar-refractivity contribution < 1.29 is 9.53 Å². The molecule has 0 radical (unpaired) electrons. The average molecular weight is 208 g/mol. The van der Waals surface area contributed by atoms with E-state index in [1.54, 1.807) is 0 Å². The molecule has 0 bridgehead atoms. The van der Waals surface area contributed by atoms with Gasteiger partial charge >= 0.3 is 5.97 Å². The Morgan fingerprint density at radius 1 is 1.08 bits per heavy atom. The Morgan fingerprint density at radius 3 is 2.33 bits per heavy atom. The molecule has 0 rings (SSSR count). The van der Waals surface area contributed by atoms with Crippen molar-refractivity contribution in [2.45, 2.75) is 25.7 Å². The number of rotatable bonds is 7. The normalized spacial score (nSPS) is 9.83. The van der Waals surface area contributed by atoms with Crippen LogP contribution in [-0.4, -0.2) is 24.1 Å². The fraction of sp³-hybridized carbons (Fsp3) is 0.875. The Morgan fingerprint density at radius 2 is 1.75 bits per heavy atom. The van der Waals surface area contributed by atoms with Gasteiger partial charge in [-0.15, -0.1) is 0 Å². The van der Waals surface area contributed by atoms with Crippen molar-refractivity contribution in [3.63, 3.8) is 0 Å². The maximum atomic E-state index is 10.9. The molecular weight excluding hydrogens is 192 g/mol. The predicted molar refractivity (Wildman–Crippen MR) is 57.1 cm³/mol. The summed E-state index contributed by atoms with van der Waals surface area (Å²) in [4.78, 5) is 10.9. The Hall–Kier alpha value is 0.170.